The molecule has 3 aromatic rings. The molecule has 0 saturated heterocycles. The molecule has 3 nitrogen and oxygen atoms in total. The van der Waals surface area contributed by atoms with E-state index in [9.17, 15) is 4.79 Å². The number of furan rings is 1. The third-order valence-corrected chi connectivity index (χ3v) is 3.88. The van der Waals surface area contributed by atoms with Gasteiger partial charge in [-0.05, 0) is 36.8 Å². The molecule has 0 spiro atoms. The van der Waals surface area contributed by atoms with Crippen LogP contribution in [0.1, 0.15) is 11.1 Å². The summed E-state index contributed by atoms with van der Waals surface area (Å²) in [5.41, 5.74) is 3.57. The lowest BCUT2D eigenvalue weighted by atomic mass is 10.1. The fourth-order valence-corrected chi connectivity index (χ4v) is 2.63. The van der Waals surface area contributed by atoms with Gasteiger partial charge in [0.2, 0.25) is 5.91 Å². The minimum atomic E-state index is -0.0491. The summed E-state index contributed by atoms with van der Waals surface area (Å²) in [5.74, 6) is -0.0491. The number of aryl methyl sites for hydroxylation is 1. The molecule has 0 radical (unpaired) electrons. The summed E-state index contributed by atoms with van der Waals surface area (Å²) < 4.78 is 6.45. The highest BCUT2D eigenvalue weighted by molar-refractivity contribution is 9.10. The van der Waals surface area contributed by atoms with Crippen LogP contribution in [0.5, 0.6) is 0 Å². The molecule has 1 heterocycles. The molecule has 0 aliphatic heterocycles. The van der Waals surface area contributed by atoms with Crippen LogP contribution in [0.15, 0.2) is 57.6 Å². The van der Waals surface area contributed by atoms with Gasteiger partial charge >= 0.3 is 0 Å². The molecule has 0 aliphatic carbocycles. The van der Waals surface area contributed by atoms with Crippen molar-refractivity contribution in [3.05, 3.63) is 64.3 Å². The summed E-state index contributed by atoms with van der Waals surface area (Å²) in [6, 6.07) is 13.5. The van der Waals surface area contributed by atoms with Crippen molar-refractivity contribution < 1.29 is 9.21 Å². The van der Waals surface area contributed by atoms with E-state index in [0.717, 1.165) is 32.3 Å². The quantitative estimate of drug-likeness (QED) is 0.749. The van der Waals surface area contributed by atoms with Crippen molar-refractivity contribution in [2.75, 3.05) is 5.32 Å². The molecule has 1 amide bonds. The summed E-state index contributed by atoms with van der Waals surface area (Å²) in [5, 5.41) is 3.90. The summed E-state index contributed by atoms with van der Waals surface area (Å²) in [6.07, 6.45) is 1.94. The van der Waals surface area contributed by atoms with Crippen molar-refractivity contribution in [3.8, 4) is 0 Å². The highest BCUT2D eigenvalue weighted by Crippen LogP contribution is 2.25. The number of halogens is 1. The third-order valence-electron chi connectivity index (χ3n) is 3.39. The number of hydrogen-bond donors (Lipinski definition) is 1. The first kappa shape index (κ1) is 13.9. The van der Waals surface area contributed by atoms with Crippen molar-refractivity contribution >= 4 is 38.5 Å². The van der Waals surface area contributed by atoms with Gasteiger partial charge in [-0.15, -0.1) is 0 Å². The first-order valence-electron chi connectivity index (χ1n) is 6.64. The molecule has 106 valence electrons. The average Bonchev–Trinajstić information content (AvgIpc) is 2.84. The molecule has 4 heteroatoms. The van der Waals surface area contributed by atoms with Crippen LogP contribution in [0.25, 0.3) is 11.0 Å². The Morgan fingerprint density at radius 3 is 2.86 bits per heavy atom. The number of nitrogens with one attached hydrogen (secondary N) is 1. The molecular formula is C17H14BrNO2. The maximum absolute atomic E-state index is 12.2. The Balaban J connectivity index is 1.80. The van der Waals surface area contributed by atoms with E-state index >= 15 is 0 Å². The predicted molar refractivity (Wildman–Crippen MR) is 87.4 cm³/mol. The lowest BCUT2D eigenvalue weighted by Gasteiger charge is -2.07. The van der Waals surface area contributed by atoms with Gasteiger partial charge in [0, 0.05) is 21.1 Å². The molecule has 2 aromatic carbocycles. The van der Waals surface area contributed by atoms with Gasteiger partial charge in [-0.3, -0.25) is 4.79 Å². The van der Waals surface area contributed by atoms with E-state index in [-0.39, 0.29) is 12.3 Å². The number of carbonyl (C=O) groups excluding carboxylic acids is 1. The number of rotatable bonds is 3. The van der Waals surface area contributed by atoms with Gasteiger partial charge in [-0.25, -0.2) is 0 Å². The number of fused-ring (bicyclic) bond motifs is 1. The van der Waals surface area contributed by atoms with Gasteiger partial charge < -0.3 is 9.73 Å². The van der Waals surface area contributed by atoms with E-state index in [1.54, 1.807) is 6.26 Å². The third kappa shape index (κ3) is 3.00. The summed E-state index contributed by atoms with van der Waals surface area (Å²) in [7, 11) is 0. The molecule has 0 bridgehead atoms. The van der Waals surface area contributed by atoms with Crippen LogP contribution in [0.2, 0.25) is 0 Å². The van der Waals surface area contributed by atoms with E-state index in [4.69, 9.17) is 4.42 Å². The van der Waals surface area contributed by atoms with Gasteiger partial charge in [0.05, 0.1) is 12.7 Å². The van der Waals surface area contributed by atoms with Crippen LogP contribution in [-0.2, 0) is 11.2 Å². The standard InChI is InChI=1S/C17H14BrNO2/c1-11-4-2-3-5-15(11)19-17(20)8-12-10-21-16-7-6-13(18)9-14(12)16/h2-7,9-10H,8H2,1H3,(H,19,20). The molecule has 0 atom stereocenters. The van der Waals surface area contributed by atoms with Crippen LogP contribution >= 0.6 is 15.9 Å². The summed E-state index contributed by atoms with van der Waals surface area (Å²) in [6.45, 7) is 1.97. The minimum absolute atomic E-state index is 0.0491. The molecule has 3 rings (SSSR count). The van der Waals surface area contributed by atoms with E-state index in [2.05, 4.69) is 21.2 Å². The highest BCUT2D eigenvalue weighted by Gasteiger charge is 2.11. The number of hydrogen-bond acceptors (Lipinski definition) is 2. The normalized spacial score (nSPS) is 10.8. The van der Waals surface area contributed by atoms with E-state index in [1.165, 1.54) is 0 Å². The topological polar surface area (TPSA) is 42.2 Å². The Kier molecular flexibility index (Phi) is 3.80. The second kappa shape index (κ2) is 5.74. The van der Waals surface area contributed by atoms with Gasteiger partial charge in [0.25, 0.3) is 0 Å². The van der Waals surface area contributed by atoms with Crippen LogP contribution in [0.3, 0.4) is 0 Å². The molecule has 0 fully saturated rings. The van der Waals surface area contributed by atoms with Crippen LogP contribution in [0.4, 0.5) is 5.69 Å². The highest BCUT2D eigenvalue weighted by atomic mass is 79.9. The molecular weight excluding hydrogens is 330 g/mol. The maximum Gasteiger partial charge on any atom is 0.228 e. The first-order valence-corrected chi connectivity index (χ1v) is 7.44. The van der Waals surface area contributed by atoms with Crippen molar-refractivity contribution in [2.45, 2.75) is 13.3 Å². The number of para-hydroxylation sites is 1. The van der Waals surface area contributed by atoms with Crippen molar-refractivity contribution in [3.63, 3.8) is 0 Å². The van der Waals surface area contributed by atoms with Gasteiger partial charge in [0.15, 0.2) is 0 Å². The molecule has 0 saturated carbocycles. The number of benzene rings is 2. The van der Waals surface area contributed by atoms with Gasteiger partial charge in [-0.2, -0.15) is 0 Å². The SMILES string of the molecule is Cc1ccccc1NC(=O)Cc1coc2ccc(Br)cc12. The molecule has 1 aromatic heterocycles. The number of carbonyl (C=O) groups is 1. The Morgan fingerprint density at radius 1 is 1.24 bits per heavy atom. The van der Waals surface area contributed by atoms with Crippen LogP contribution < -0.4 is 5.32 Å². The zero-order chi connectivity index (χ0) is 14.8. The zero-order valence-corrected chi connectivity index (χ0v) is 13.1. The lowest BCUT2D eigenvalue weighted by Crippen LogP contribution is -2.14. The summed E-state index contributed by atoms with van der Waals surface area (Å²) >= 11 is 3.44. The maximum atomic E-state index is 12.2. The van der Waals surface area contributed by atoms with E-state index < -0.39 is 0 Å². The smallest absolute Gasteiger partial charge is 0.228 e. The average molecular weight is 344 g/mol. The van der Waals surface area contributed by atoms with Crippen LogP contribution in [0, 0.1) is 6.92 Å². The van der Waals surface area contributed by atoms with Crippen molar-refractivity contribution in [2.24, 2.45) is 0 Å². The fourth-order valence-electron chi connectivity index (χ4n) is 2.27. The largest absolute Gasteiger partial charge is 0.464 e. The predicted octanol–water partition coefficient (Wildman–Crippen LogP) is 4.68. The molecule has 1 N–H and O–H groups in total. The summed E-state index contributed by atoms with van der Waals surface area (Å²) in [4.78, 5) is 12.2. The monoisotopic (exact) mass is 343 g/mol. The van der Waals surface area contributed by atoms with Gasteiger partial charge in [0.1, 0.15) is 5.58 Å². The van der Waals surface area contributed by atoms with E-state index in [1.807, 2.05) is 49.4 Å². The number of anilines is 1. The Bertz CT molecular complexity index is 807. The Hall–Kier alpha value is -2.07. The lowest BCUT2D eigenvalue weighted by molar-refractivity contribution is -0.115. The molecule has 21 heavy (non-hydrogen) atoms. The minimum Gasteiger partial charge on any atom is -0.464 e. The second-order valence-corrected chi connectivity index (χ2v) is 5.86. The van der Waals surface area contributed by atoms with E-state index in [0.29, 0.717) is 0 Å². The van der Waals surface area contributed by atoms with Crippen molar-refractivity contribution in [1.29, 1.82) is 0 Å². The zero-order valence-electron chi connectivity index (χ0n) is 11.5. The van der Waals surface area contributed by atoms with Crippen molar-refractivity contribution in [1.82, 2.24) is 0 Å². The second-order valence-electron chi connectivity index (χ2n) is 4.94. The van der Waals surface area contributed by atoms with Gasteiger partial charge in [-0.1, -0.05) is 34.1 Å². The Labute approximate surface area is 131 Å². The van der Waals surface area contributed by atoms with Crippen LogP contribution in [-0.4, -0.2) is 5.91 Å². The number of amides is 1. The molecule has 0 aliphatic rings. The molecule has 0 unspecified atom stereocenters. The fraction of sp³-hybridized carbons (Fsp3) is 0.118. The Morgan fingerprint density at radius 2 is 2.05 bits per heavy atom. The first-order chi connectivity index (χ1) is 10.1.